The summed E-state index contributed by atoms with van der Waals surface area (Å²) in [5.41, 5.74) is 8.75. The van der Waals surface area contributed by atoms with E-state index in [9.17, 15) is 0 Å². The molecule has 3 rings (SSSR count). The molecule has 0 amide bonds. The number of nitrogens with one attached hydrogen (secondary N) is 1. The van der Waals surface area contributed by atoms with E-state index in [2.05, 4.69) is 15.0 Å². The van der Waals surface area contributed by atoms with Crippen LogP contribution in [0.15, 0.2) is 12.4 Å². The molecule has 6 heteroatoms. The summed E-state index contributed by atoms with van der Waals surface area (Å²) in [6.45, 7) is 4.52. The van der Waals surface area contributed by atoms with Gasteiger partial charge in [0.05, 0.1) is 33.2 Å². The van der Waals surface area contributed by atoms with Crippen LogP contribution in [0.1, 0.15) is 16.4 Å². The lowest BCUT2D eigenvalue weighted by Crippen LogP contribution is -1.98. The van der Waals surface area contributed by atoms with Crippen LogP contribution in [0, 0.1) is 13.8 Å². The summed E-state index contributed by atoms with van der Waals surface area (Å²) in [7, 11) is 0. The molecule has 17 heavy (non-hydrogen) atoms. The van der Waals surface area contributed by atoms with Crippen molar-refractivity contribution in [2.24, 2.45) is 5.73 Å². The van der Waals surface area contributed by atoms with Gasteiger partial charge in [-0.1, -0.05) is 0 Å². The Morgan fingerprint density at radius 2 is 2.29 bits per heavy atom. The minimum absolute atomic E-state index is 0.485. The fraction of sp³-hybridized carbons (Fsp3) is 0.273. The number of hydrogen-bond donors (Lipinski definition) is 2. The number of fused-ring (bicyclic) bond motifs is 1. The van der Waals surface area contributed by atoms with Gasteiger partial charge in [-0.3, -0.25) is 4.40 Å². The topological polar surface area (TPSA) is 72.0 Å². The molecule has 3 aromatic rings. The maximum absolute atomic E-state index is 5.66. The molecule has 0 radical (unpaired) electrons. The maximum atomic E-state index is 5.66. The average molecular weight is 247 g/mol. The van der Waals surface area contributed by atoms with Gasteiger partial charge >= 0.3 is 0 Å². The number of nitrogens with two attached hydrogens (primary N) is 1. The summed E-state index contributed by atoms with van der Waals surface area (Å²) >= 11 is 1.68. The third-order valence-electron chi connectivity index (χ3n) is 2.74. The third-order valence-corrected chi connectivity index (χ3v) is 3.84. The largest absolute Gasteiger partial charge is 0.325 e. The Bertz CT molecular complexity index is 675. The Hall–Kier alpha value is -1.66. The number of aromatic amines is 1. The number of thiazole rings is 1. The van der Waals surface area contributed by atoms with Crippen LogP contribution in [0.5, 0.6) is 0 Å². The molecule has 3 heterocycles. The molecule has 0 atom stereocenters. The fourth-order valence-electron chi connectivity index (χ4n) is 1.96. The van der Waals surface area contributed by atoms with Gasteiger partial charge in [-0.15, -0.1) is 11.3 Å². The molecular formula is C11H13N5S. The van der Waals surface area contributed by atoms with E-state index in [1.807, 2.05) is 24.4 Å². The first-order valence-electron chi connectivity index (χ1n) is 5.38. The number of rotatable bonds is 2. The Balaban J connectivity index is 2.18. The van der Waals surface area contributed by atoms with Crippen LogP contribution < -0.4 is 5.73 Å². The Kier molecular flexibility index (Phi) is 2.27. The molecule has 0 saturated carbocycles. The van der Waals surface area contributed by atoms with Gasteiger partial charge in [0.2, 0.25) is 5.78 Å². The summed E-state index contributed by atoms with van der Waals surface area (Å²) < 4.78 is 1.99. The SMILES string of the molecule is Cc1nc(C)c(-c2cn3c(CN)cnc3[nH]2)s1. The van der Waals surface area contributed by atoms with Gasteiger partial charge in [-0.25, -0.2) is 9.97 Å². The second-order valence-corrected chi connectivity index (χ2v) is 5.17. The third kappa shape index (κ3) is 1.57. The maximum Gasteiger partial charge on any atom is 0.211 e. The van der Waals surface area contributed by atoms with Gasteiger partial charge < -0.3 is 10.7 Å². The Labute approximate surface area is 102 Å². The van der Waals surface area contributed by atoms with Crippen molar-refractivity contribution < 1.29 is 0 Å². The number of nitrogens with zero attached hydrogens (tertiary/aromatic N) is 3. The van der Waals surface area contributed by atoms with Crippen molar-refractivity contribution in [3.8, 4) is 10.6 Å². The number of aromatic nitrogens is 4. The number of aryl methyl sites for hydroxylation is 2. The van der Waals surface area contributed by atoms with Crippen LogP contribution in [0.3, 0.4) is 0 Å². The zero-order valence-electron chi connectivity index (χ0n) is 9.69. The lowest BCUT2D eigenvalue weighted by atomic mass is 10.3. The fourth-order valence-corrected chi connectivity index (χ4v) is 2.85. The second-order valence-electron chi connectivity index (χ2n) is 3.96. The molecular weight excluding hydrogens is 234 g/mol. The molecule has 0 aromatic carbocycles. The molecule has 0 aliphatic rings. The first kappa shape index (κ1) is 10.5. The van der Waals surface area contributed by atoms with Crippen molar-refractivity contribution in [1.29, 1.82) is 0 Å². The standard InChI is InChI=1S/C11H13N5S/c1-6-10(17-7(2)14-6)9-5-16-8(3-12)4-13-11(16)15-9/h4-5H,3,12H2,1-2H3,(H,13,15). The molecule has 0 aliphatic heterocycles. The van der Waals surface area contributed by atoms with E-state index >= 15 is 0 Å². The van der Waals surface area contributed by atoms with Crippen molar-refractivity contribution in [3.63, 3.8) is 0 Å². The normalized spacial score (nSPS) is 11.5. The van der Waals surface area contributed by atoms with Crippen LogP contribution in [0.25, 0.3) is 16.3 Å². The molecule has 5 nitrogen and oxygen atoms in total. The first-order chi connectivity index (χ1) is 8.19. The van der Waals surface area contributed by atoms with Gasteiger partial charge in [-0.05, 0) is 13.8 Å². The van der Waals surface area contributed by atoms with Gasteiger partial charge in [0.15, 0.2) is 0 Å². The van der Waals surface area contributed by atoms with E-state index in [1.54, 1.807) is 17.5 Å². The lowest BCUT2D eigenvalue weighted by molar-refractivity contribution is 0.966. The van der Waals surface area contributed by atoms with E-state index in [-0.39, 0.29) is 0 Å². The molecule has 0 aliphatic carbocycles. The minimum Gasteiger partial charge on any atom is -0.325 e. The smallest absolute Gasteiger partial charge is 0.211 e. The highest BCUT2D eigenvalue weighted by atomic mass is 32.1. The van der Waals surface area contributed by atoms with E-state index in [0.717, 1.165) is 32.7 Å². The summed E-state index contributed by atoms with van der Waals surface area (Å²) in [4.78, 5) is 13.2. The van der Waals surface area contributed by atoms with Crippen molar-refractivity contribution in [2.45, 2.75) is 20.4 Å². The molecule has 0 unspecified atom stereocenters. The summed E-state index contributed by atoms with van der Waals surface area (Å²) in [5, 5.41) is 1.07. The van der Waals surface area contributed by atoms with Crippen LogP contribution in [0.2, 0.25) is 0 Å². The quantitative estimate of drug-likeness (QED) is 0.726. The molecule has 0 fully saturated rings. The van der Waals surface area contributed by atoms with Crippen molar-refractivity contribution in [3.05, 3.63) is 28.8 Å². The predicted molar refractivity (Wildman–Crippen MR) is 68.0 cm³/mol. The minimum atomic E-state index is 0.485. The molecule has 3 N–H and O–H groups in total. The Morgan fingerprint density at radius 3 is 2.94 bits per heavy atom. The molecule has 3 aromatic heterocycles. The number of H-pyrrole nitrogens is 1. The van der Waals surface area contributed by atoms with Crippen LogP contribution in [-0.2, 0) is 6.54 Å². The monoisotopic (exact) mass is 247 g/mol. The molecule has 0 saturated heterocycles. The molecule has 0 bridgehead atoms. The molecule has 88 valence electrons. The highest BCUT2D eigenvalue weighted by Crippen LogP contribution is 2.29. The number of hydrogen-bond acceptors (Lipinski definition) is 4. The Morgan fingerprint density at radius 1 is 1.47 bits per heavy atom. The van der Waals surface area contributed by atoms with Crippen LogP contribution in [0.4, 0.5) is 0 Å². The van der Waals surface area contributed by atoms with E-state index in [1.165, 1.54) is 0 Å². The van der Waals surface area contributed by atoms with Gasteiger partial charge in [0, 0.05) is 12.7 Å². The summed E-state index contributed by atoms with van der Waals surface area (Å²) in [6.07, 6.45) is 3.82. The van der Waals surface area contributed by atoms with Gasteiger partial charge in [0.25, 0.3) is 0 Å². The average Bonchev–Trinajstić information content (AvgIpc) is 2.91. The van der Waals surface area contributed by atoms with E-state index < -0.39 is 0 Å². The summed E-state index contributed by atoms with van der Waals surface area (Å²) in [6, 6.07) is 0. The van der Waals surface area contributed by atoms with Crippen molar-refractivity contribution in [2.75, 3.05) is 0 Å². The van der Waals surface area contributed by atoms with Gasteiger partial charge in [-0.2, -0.15) is 0 Å². The molecule has 0 spiro atoms. The first-order valence-corrected chi connectivity index (χ1v) is 6.20. The predicted octanol–water partition coefficient (Wildman–Crippen LogP) is 1.86. The number of imidazole rings is 2. The van der Waals surface area contributed by atoms with E-state index in [0.29, 0.717) is 6.54 Å². The highest BCUT2D eigenvalue weighted by Gasteiger charge is 2.12. The van der Waals surface area contributed by atoms with Crippen LogP contribution >= 0.6 is 11.3 Å². The zero-order valence-corrected chi connectivity index (χ0v) is 10.5. The lowest BCUT2D eigenvalue weighted by Gasteiger charge is -1.92. The van der Waals surface area contributed by atoms with Crippen molar-refractivity contribution >= 4 is 17.1 Å². The van der Waals surface area contributed by atoms with Gasteiger partial charge in [0.1, 0.15) is 0 Å². The second kappa shape index (κ2) is 3.68. The highest BCUT2D eigenvalue weighted by molar-refractivity contribution is 7.15. The summed E-state index contributed by atoms with van der Waals surface area (Å²) in [5.74, 6) is 0.825. The van der Waals surface area contributed by atoms with Crippen molar-refractivity contribution in [1.82, 2.24) is 19.4 Å². The van der Waals surface area contributed by atoms with E-state index in [4.69, 9.17) is 5.73 Å². The van der Waals surface area contributed by atoms with Crippen LogP contribution in [-0.4, -0.2) is 19.4 Å². The zero-order chi connectivity index (χ0) is 12.0.